The van der Waals surface area contributed by atoms with Gasteiger partial charge in [-0.3, -0.25) is 9.48 Å². The number of hydrogen-bond donors (Lipinski definition) is 1. The van der Waals surface area contributed by atoms with Crippen molar-refractivity contribution in [2.24, 2.45) is 0 Å². The van der Waals surface area contributed by atoms with Crippen molar-refractivity contribution >= 4 is 23.3 Å². The Labute approximate surface area is 176 Å². The molecule has 2 aromatic heterocycles. The number of carbonyl (C=O) groups excluding carboxylic acids is 1. The summed E-state index contributed by atoms with van der Waals surface area (Å²) in [5, 5.41) is 11.8. The molecule has 0 fully saturated rings. The fourth-order valence-electron chi connectivity index (χ4n) is 2.75. The fourth-order valence-corrected chi connectivity index (χ4v) is 2.87. The van der Waals surface area contributed by atoms with Crippen LogP contribution < -0.4 is 10.1 Å². The summed E-state index contributed by atoms with van der Waals surface area (Å²) in [4.78, 5) is 12.4. The highest BCUT2D eigenvalue weighted by Gasteiger charge is 2.12. The van der Waals surface area contributed by atoms with Crippen molar-refractivity contribution < 1.29 is 13.9 Å². The molecule has 1 amide bonds. The number of amides is 1. The highest BCUT2D eigenvalue weighted by atomic mass is 35.5. The van der Waals surface area contributed by atoms with Gasteiger partial charge in [0, 0.05) is 23.5 Å². The number of ether oxygens (including phenoxy) is 1. The zero-order chi connectivity index (χ0) is 20.9. The number of rotatable bonds is 7. The summed E-state index contributed by atoms with van der Waals surface area (Å²) in [5.41, 5.74) is 1.00. The van der Waals surface area contributed by atoms with Gasteiger partial charge in [-0.05, 0) is 48.0 Å². The van der Waals surface area contributed by atoms with Gasteiger partial charge in [-0.15, -0.1) is 0 Å². The summed E-state index contributed by atoms with van der Waals surface area (Å²) < 4.78 is 22.0. The Kier molecular flexibility index (Phi) is 5.76. The molecule has 2 aromatic carbocycles. The highest BCUT2D eigenvalue weighted by Crippen LogP contribution is 2.16. The molecule has 0 aliphatic carbocycles. The Morgan fingerprint density at radius 2 is 1.83 bits per heavy atom. The van der Waals surface area contributed by atoms with Crippen molar-refractivity contribution in [3.63, 3.8) is 0 Å². The lowest BCUT2D eigenvalue weighted by Crippen LogP contribution is -2.15. The lowest BCUT2D eigenvalue weighted by molar-refractivity contribution is 0.101. The Balaban J connectivity index is 1.33. The number of benzene rings is 2. The molecule has 0 bridgehead atoms. The van der Waals surface area contributed by atoms with Gasteiger partial charge in [-0.2, -0.15) is 10.2 Å². The van der Waals surface area contributed by atoms with Crippen molar-refractivity contribution in [3.8, 4) is 5.75 Å². The van der Waals surface area contributed by atoms with Crippen molar-refractivity contribution in [2.75, 3.05) is 5.32 Å². The van der Waals surface area contributed by atoms with Crippen molar-refractivity contribution in [1.29, 1.82) is 0 Å². The molecule has 4 aromatic rings. The molecule has 0 atom stereocenters. The van der Waals surface area contributed by atoms with E-state index in [9.17, 15) is 9.18 Å². The third kappa shape index (κ3) is 5.03. The summed E-state index contributed by atoms with van der Waals surface area (Å²) in [6, 6.07) is 16.5. The minimum absolute atomic E-state index is 0.150. The van der Waals surface area contributed by atoms with Crippen LogP contribution in [-0.2, 0) is 13.3 Å². The second kappa shape index (κ2) is 8.79. The first-order valence-corrected chi connectivity index (χ1v) is 9.44. The summed E-state index contributed by atoms with van der Waals surface area (Å²) in [6.07, 6.45) is 3.35. The molecule has 0 aliphatic rings. The van der Waals surface area contributed by atoms with E-state index in [0.29, 0.717) is 23.1 Å². The van der Waals surface area contributed by atoms with E-state index in [1.807, 2.05) is 6.07 Å². The van der Waals surface area contributed by atoms with E-state index in [1.165, 1.54) is 16.8 Å². The predicted molar refractivity (Wildman–Crippen MR) is 110 cm³/mol. The van der Waals surface area contributed by atoms with Crippen molar-refractivity contribution in [3.05, 3.63) is 95.2 Å². The molecule has 0 radical (unpaired) electrons. The number of aromatic nitrogens is 4. The monoisotopic (exact) mass is 425 g/mol. The molecule has 1 N–H and O–H groups in total. The Morgan fingerprint density at radius 3 is 2.63 bits per heavy atom. The first-order valence-electron chi connectivity index (χ1n) is 9.06. The molecule has 0 unspecified atom stereocenters. The Bertz CT molecular complexity index is 1160. The molecule has 0 spiro atoms. The number of anilines is 1. The van der Waals surface area contributed by atoms with E-state index in [4.69, 9.17) is 16.3 Å². The van der Waals surface area contributed by atoms with E-state index in [0.717, 1.165) is 5.56 Å². The average Bonchev–Trinajstić information content (AvgIpc) is 3.37. The molecule has 0 saturated carbocycles. The first kappa shape index (κ1) is 19.7. The van der Waals surface area contributed by atoms with Gasteiger partial charge in [0.15, 0.2) is 18.2 Å². The summed E-state index contributed by atoms with van der Waals surface area (Å²) in [6.45, 7) is 0.543. The van der Waals surface area contributed by atoms with Gasteiger partial charge in [0.1, 0.15) is 11.6 Å². The minimum Gasteiger partial charge on any atom is -0.471 e. The molecule has 9 heteroatoms. The molecule has 30 heavy (non-hydrogen) atoms. The standard InChI is InChI=1S/C21H17ClFN5O2/c22-16-4-6-18(7-5-16)30-14-28-10-8-19(25-28)21(29)24-20-9-11-27(26-20)13-15-2-1-3-17(23)12-15/h1-12H,13-14H2,(H,24,26,29). The van der Waals surface area contributed by atoms with Gasteiger partial charge in [0.05, 0.1) is 6.54 Å². The summed E-state index contributed by atoms with van der Waals surface area (Å²) in [7, 11) is 0. The number of nitrogens with one attached hydrogen (secondary N) is 1. The van der Waals surface area contributed by atoms with Crippen LogP contribution in [0.2, 0.25) is 5.02 Å². The van der Waals surface area contributed by atoms with Crippen LogP contribution in [0.5, 0.6) is 5.75 Å². The average molecular weight is 426 g/mol. The van der Waals surface area contributed by atoms with Crippen LogP contribution in [-0.4, -0.2) is 25.5 Å². The first-order chi connectivity index (χ1) is 14.5. The molecular formula is C21H17ClFN5O2. The normalized spacial score (nSPS) is 10.7. The molecule has 0 saturated heterocycles. The number of halogens is 2. The van der Waals surface area contributed by atoms with Gasteiger partial charge in [0.2, 0.25) is 0 Å². The largest absolute Gasteiger partial charge is 0.471 e. The second-order valence-electron chi connectivity index (χ2n) is 6.45. The smallest absolute Gasteiger partial charge is 0.277 e. The van der Waals surface area contributed by atoms with Crippen LogP contribution in [0.1, 0.15) is 16.1 Å². The zero-order valence-corrected chi connectivity index (χ0v) is 16.5. The number of carbonyl (C=O) groups is 1. The van der Waals surface area contributed by atoms with E-state index >= 15 is 0 Å². The van der Waals surface area contributed by atoms with E-state index < -0.39 is 5.91 Å². The lowest BCUT2D eigenvalue weighted by Gasteiger charge is -2.06. The molecule has 0 aliphatic heterocycles. The third-order valence-corrected chi connectivity index (χ3v) is 4.42. The maximum absolute atomic E-state index is 13.3. The van der Waals surface area contributed by atoms with Crippen LogP contribution in [0.25, 0.3) is 0 Å². The lowest BCUT2D eigenvalue weighted by atomic mass is 10.2. The maximum atomic E-state index is 13.3. The van der Waals surface area contributed by atoms with Crippen LogP contribution >= 0.6 is 11.6 Å². The maximum Gasteiger partial charge on any atom is 0.277 e. The van der Waals surface area contributed by atoms with Crippen LogP contribution in [0.4, 0.5) is 10.2 Å². The van der Waals surface area contributed by atoms with Crippen LogP contribution in [0.15, 0.2) is 73.1 Å². The van der Waals surface area contributed by atoms with Gasteiger partial charge >= 0.3 is 0 Å². The number of nitrogens with zero attached hydrogens (tertiary/aromatic N) is 4. The second-order valence-corrected chi connectivity index (χ2v) is 6.89. The molecule has 4 rings (SSSR count). The Morgan fingerprint density at radius 1 is 1.03 bits per heavy atom. The van der Waals surface area contributed by atoms with Gasteiger partial charge in [-0.1, -0.05) is 23.7 Å². The van der Waals surface area contributed by atoms with E-state index in [1.54, 1.807) is 59.5 Å². The molecule has 152 valence electrons. The molecule has 7 nitrogen and oxygen atoms in total. The SMILES string of the molecule is O=C(Nc1ccn(Cc2cccc(F)c2)n1)c1ccn(COc2ccc(Cl)cc2)n1. The summed E-state index contributed by atoms with van der Waals surface area (Å²) in [5.74, 6) is 0.327. The van der Waals surface area contributed by atoms with Crippen LogP contribution in [0, 0.1) is 5.82 Å². The predicted octanol–water partition coefficient (Wildman–Crippen LogP) is 4.21. The van der Waals surface area contributed by atoms with Gasteiger partial charge < -0.3 is 10.1 Å². The molecular weight excluding hydrogens is 409 g/mol. The van der Waals surface area contributed by atoms with Crippen molar-refractivity contribution in [2.45, 2.75) is 13.3 Å². The van der Waals surface area contributed by atoms with Crippen molar-refractivity contribution in [1.82, 2.24) is 19.6 Å². The zero-order valence-electron chi connectivity index (χ0n) is 15.7. The summed E-state index contributed by atoms with van der Waals surface area (Å²) >= 11 is 5.84. The molecule has 2 heterocycles. The van der Waals surface area contributed by atoms with Gasteiger partial charge in [-0.25, -0.2) is 9.07 Å². The highest BCUT2D eigenvalue weighted by molar-refractivity contribution is 6.30. The quantitative estimate of drug-likeness (QED) is 0.481. The van der Waals surface area contributed by atoms with Crippen LogP contribution in [0.3, 0.4) is 0 Å². The van der Waals surface area contributed by atoms with Gasteiger partial charge in [0.25, 0.3) is 5.91 Å². The van der Waals surface area contributed by atoms with E-state index in [-0.39, 0.29) is 18.2 Å². The number of hydrogen-bond acceptors (Lipinski definition) is 4. The fraction of sp³-hybridized carbons (Fsp3) is 0.0952. The topological polar surface area (TPSA) is 74.0 Å². The van der Waals surface area contributed by atoms with E-state index in [2.05, 4.69) is 15.5 Å². The minimum atomic E-state index is -0.392. The Hall–Kier alpha value is -3.65. The third-order valence-electron chi connectivity index (χ3n) is 4.17.